The molecule has 1 saturated heterocycles. The summed E-state index contributed by atoms with van der Waals surface area (Å²) < 4.78 is 46.2. The van der Waals surface area contributed by atoms with Crippen LogP contribution in [0.15, 0.2) is 67.4 Å². The second kappa shape index (κ2) is 12.9. The lowest BCUT2D eigenvalue weighted by atomic mass is 9.95. The Morgan fingerprint density at radius 2 is 1.92 bits per heavy atom. The molecule has 3 aromatic rings. The number of hydrogen-bond donors (Lipinski definition) is 0. The van der Waals surface area contributed by atoms with Crippen molar-refractivity contribution in [2.24, 2.45) is 5.92 Å². The van der Waals surface area contributed by atoms with Gasteiger partial charge >= 0.3 is 12.1 Å². The van der Waals surface area contributed by atoms with Gasteiger partial charge < -0.3 is 19.4 Å². The Morgan fingerprint density at radius 3 is 2.60 bits per heavy atom. The molecule has 0 spiro atoms. The number of ether oxygens (including phenoxy) is 1. The molecule has 50 heavy (non-hydrogen) atoms. The summed E-state index contributed by atoms with van der Waals surface area (Å²) in [5.41, 5.74) is 1.86. The third-order valence-corrected chi connectivity index (χ3v) is 9.51. The quantitative estimate of drug-likeness (QED) is 0.255. The van der Waals surface area contributed by atoms with E-state index in [-0.39, 0.29) is 43.1 Å². The Balaban J connectivity index is 1.40. The van der Waals surface area contributed by atoms with Gasteiger partial charge in [-0.2, -0.15) is 13.2 Å². The molecule has 11 nitrogen and oxygen atoms in total. The van der Waals surface area contributed by atoms with Gasteiger partial charge in [0.15, 0.2) is 0 Å². The number of para-hydroxylation sites is 1. The van der Waals surface area contributed by atoms with Gasteiger partial charge in [0.05, 0.1) is 40.3 Å². The molecule has 15 heteroatoms. The molecule has 0 N–H and O–H groups in total. The number of carbonyl (C=O) groups is 4. The van der Waals surface area contributed by atoms with Crippen molar-refractivity contribution in [1.29, 1.82) is 0 Å². The number of alkyl halides is 3. The summed E-state index contributed by atoms with van der Waals surface area (Å²) in [6.07, 6.45) is -2.08. The number of carbonyl (C=O) groups excluding carboxylic acids is 4. The number of amides is 3. The van der Waals surface area contributed by atoms with Crippen molar-refractivity contribution < 1.29 is 37.1 Å². The van der Waals surface area contributed by atoms with Crippen LogP contribution in [0.25, 0.3) is 0 Å². The predicted molar refractivity (Wildman–Crippen MR) is 178 cm³/mol. The van der Waals surface area contributed by atoms with Gasteiger partial charge in [-0.25, -0.2) is 9.78 Å². The molecule has 1 fully saturated rings. The largest absolute Gasteiger partial charge is 0.466 e. The zero-order chi connectivity index (χ0) is 36.2. The summed E-state index contributed by atoms with van der Waals surface area (Å²) in [7, 11) is 2.75. The average molecular weight is 709 g/mol. The van der Waals surface area contributed by atoms with E-state index in [9.17, 15) is 32.3 Å². The summed E-state index contributed by atoms with van der Waals surface area (Å²) >= 11 is 6.78. The Kier molecular flexibility index (Phi) is 8.93. The SMILES string of the molecule is C=CC(=O)N1Cc2cc(CN3C[C@H]4CC(=O)N(c5cc(C(F)(F)F)cc(C)n5)[C@@H]4C(=O)N(C)c4cccc(Cl)c43)cnc2C1C(=C)C(=O)OC. The number of fused-ring (bicyclic) bond motifs is 3. The number of halogens is 4. The van der Waals surface area contributed by atoms with E-state index in [1.807, 2.05) is 11.0 Å². The normalized spacial score (nSPS) is 20.2. The molecule has 6 rings (SSSR count). The number of esters is 1. The first-order valence-corrected chi connectivity index (χ1v) is 15.9. The van der Waals surface area contributed by atoms with Crippen molar-refractivity contribution in [2.45, 2.75) is 44.7 Å². The minimum absolute atomic E-state index is 0.0332. The van der Waals surface area contributed by atoms with E-state index < -0.39 is 53.4 Å². The number of aryl methyl sites for hydroxylation is 1. The van der Waals surface area contributed by atoms with Crippen LogP contribution >= 0.6 is 11.6 Å². The van der Waals surface area contributed by atoms with E-state index in [4.69, 9.17) is 16.3 Å². The maximum Gasteiger partial charge on any atom is 0.416 e. The second-order valence-electron chi connectivity index (χ2n) is 12.4. The Morgan fingerprint density at radius 1 is 1.18 bits per heavy atom. The molecule has 3 aliphatic rings. The van der Waals surface area contributed by atoms with Crippen LogP contribution in [-0.2, 0) is 43.2 Å². The number of anilines is 3. The molecule has 0 aliphatic carbocycles. The van der Waals surface area contributed by atoms with Crippen LogP contribution in [0.2, 0.25) is 5.02 Å². The zero-order valence-electron chi connectivity index (χ0n) is 27.3. The van der Waals surface area contributed by atoms with E-state index >= 15 is 0 Å². The maximum atomic E-state index is 14.1. The number of methoxy groups -OCH3 is 1. The highest BCUT2D eigenvalue weighted by Gasteiger charge is 2.49. The summed E-state index contributed by atoms with van der Waals surface area (Å²) in [5.74, 6) is -3.05. The van der Waals surface area contributed by atoms with Crippen LogP contribution in [-0.4, -0.2) is 65.3 Å². The van der Waals surface area contributed by atoms with Gasteiger partial charge in [0.25, 0.3) is 0 Å². The first-order valence-electron chi connectivity index (χ1n) is 15.5. The molecule has 0 radical (unpaired) electrons. The number of nitrogens with zero attached hydrogens (tertiary/aromatic N) is 6. The van der Waals surface area contributed by atoms with Crippen LogP contribution in [0.1, 0.15) is 40.5 Å². The van der Waals surface area contributed by atoms with E-state index in [2.05, 4.69) is 23.1 Å². The number of hydrogen-bond acceptors (Lipinski definition) is 8. The highest BCUT2D eigenvalue weighted by atomic mass is 35.5. The Bertz CT molecular complexity index is 1970. The standard InChI is InChI=1S/C35H32ClF3N6O5/c1-6-27(46)44-17-21-11-20(14-40-29(21)30(44)19(3)34(49)50-5)15-43-16-22-12-28(47)45(26-13-23(35(37,38)39)10-18(2)41-26)31(22)33(48)42(4)25-9-7-8-24(36)32(25)43/h6-11,13-14,22,30-31H,1,3,12,15-17H2,2,4-5H3/t22-,30?,31+/m1/s1. The van der Waals surface area contributed by atoms with E-state index in [0.29, 0.717) is 33.2 Å². The molecular weight excluding hydrogens is 677 g/mol. The molecule has 0 bridgehead atoms. The van der Waals surface area contributed by atoms with Gasteiger partial charge in [0, 0.05) is 50.9 Å². The van der Waals surface area contributed by atoms with Gasteiger partial charge in [-0.05, 0) is 54.5 Å². The van der Waals surface area contributed by atoms with Crippen LogP contribution in [0, 0.1) is 12.8 Å². The van der Waals surface area contributed by atoms with Gasteiger partial charge in [-0.3, -0.25) is 24.3 Å². The lowest BCUT2D eigenvalue weighted by Gasteiger charge is -2.39. The molecule has 0 saturated carbocycles. The summed E-state index contributed by atoms with van der Waals surface area (Å²) in [6.45, 7) is 9.25. The Hall–Kier alpha value is -5.24. The number of benzene rings is 1. The van der Waals surface area contributed by atoms with Gasteiger partial charge in [0.1, 0.15) is 17.9 Å². The van der Waals surface area contributed by atoms with Gasteiger partial charge in [-0.1, -0.05) is 30.8 Å². The molecule has 260 valence electrons. The zero-order valence-corrected chi connectivity index (χ0v) is 28.1. The van der Waals surface area contributed by atoms with Crippen molar-refractivity contribution >= 4 is 52.5 Å². The Labute approximate surface area is 290 Å². The van der Waals surface area contributed by atoms with Gasteiger partial charge in [-0.15, -0.1) is 0 Å². The van der Waals surface area contributed by atoms with Crippen molar-refractivity contribution in [3.63, 3.8) is 0 Å². The minimum atomic E-state index is -4.69. The number of rotatable bonds is 6. The van der Waals surface area contributed by atoms with E-state index in [0.717, 1.165) is 23.1 Å². The van der Waals surface area contributed by atoms with Crippen molar-refractivity contribution in [3.8, 4) is 0 Å². The lowest BCUT2D eigenvalue weighted by Crippen LogP contribution is -2.52. The highest BCUT2D eigenvalue weighted by molar-refractivity contribution is 6.34. The summed E-state index contributed by atoms with van der Waals surface area (Å²) in [4.78, 5) is 67.6. The van der Waals surface area contributed by atoms with E-state index in [1.165, 1.54) is 30.9 Å². The first kappa shape index (κ1) is 34.6. The van der Waals surface area contributed by atoms with Crippen molar-refractivity contribution in [3.05, 3.63) is 101 Å². The smallest absolute Gasteiger partial charge is 0.416 e. The lowest BCUT2D eigenvalue weighted by molar-refractivity contribution is -0.138. The molecular formula is C35H32ClF3N6O5. The third kappa shape index (κ3) is 5.97. The van der Waals surface area contributed by atoms with Crippen LogP contribution in [0.3, 0.4) is 0 Å². The summed E-state index contributed by atoms with van der Waals surface area (Å²) in [5, 5.41) is 0.336. The van der Waals surface area contributed by atoms with Crippen molar-refractivity contribution in [2.75, 3.05) is 35.4 Å². The van der Waals surface area contributed by atoms with Gasteiger partial charge in [0.2, 0.25) is 17.7 Å². The van der Waals surface area contributed by atoms with Crippen LogP contribution in [0.5, 0.6) is 0 Å². The molecule has 1 aromatic carbocycles. The fraction of sp³-hybridized carbons (Fsp3) is 0.314. The molecule has 2 aromatic heterocycles. The monoisotopic (exact) mass is 708 g/mol. The first-order chi connectivity index (χ1) is 23.6. The molecule has 3 atom stereocenters. The van der Waals surface area contributed by atoms with Crippen LogP contribution in [0.4, 0.5) is 30.4 Å². The number of likely N-dealkylation sites (N-methyl/N-ethyl adjacent to an activating group) is 1. The third-order valence-electron chi connectivity index (χ3n) is 9.20. The van der Waals surface area contributed by atoms with Crippen LogP contribution < -0.4 is 14.7 Å². The fourth-order valence-electron chi connectivity index (χ4n) is 7.00. The fourth-order valence-corrected chi connectivity index (χ4v) is 7.29. The molecule has 3 amide bonds. The molecule has 1 unspecified atom stereocenters. The topological polar surface area (TPSA) is 116 Å². The highest BCUT2D eigenvalue weighted by Crippen LogP contribution is 2.44. The summed E-state index contributed by atoms with van der Waals surface area (Å²) in [6, 6.07) is 6.56. The molecule has 3 aliphatic heterocycles. The second-order valence-corrected chi connectivity index (χ2v) is 12.8. The minimum Gasteiger partial charge on any atom is -0.466 e. The van der Waals surface area contributed by atoms with Crippen molar-refractivity contribution in [1.82, 2.24) is 14.9 Å². The number of aromatic nitrogens is 2. The van der Waals surface area contributed by atoms with E-state index in [1.54, 1.807) is 24.4 Å². The maximum absolute atomic E-state index is 14.1. The molecule has 5 heterocycles. The number of pyridine rings is 2. The predicted octanol–water partition coefficient (Wildman–Crippen LogP) is 5.16. The average Bonchev–Trinajstić information content (AvgIpc) is 3.61.